The number of nitrogens with zero attached hydrogens (tertiary/aromatic N) is 3. The number of hydrogen-bond acceptors (Lipinski definition) is 3. The molecular formula is C11H8ClN3O2S. The Labute approximate surface area is 111 Å². The second kappa shape index (κ2) is 3.86. The number of thiophene rings is 1. The fraction of sp³-hybridized carbons (Fsp3) is 0.0909. The van der Waals surface area contributed by atoms with Crippen LogP contribution in [0.2, 0.25) is 4.34 Å². The van der Waals surface area contributed by atoms with Gasteiger partial charge in [-0.25, -0.2) is 9.78 Å². The summed E-state index contributed by atoms with van der Waals surface area (Å²) in [6.45, 7) is 0. The molecule has 0 unspecified atom stereocenters. The van der Waals surface area contributed by atoms with E-state index < -0.39 is 5.97 Å². The Kier molecular flexibility index (Phi) is 2.42. The lowest BCUT2D eigenvalue weighted by atomic mass is 10.3. The zero-order chi connectivity index (χ0) is 12.9. The second-order valence-corrected chi connectivity index (χ2v) is 5.39. The van der Waals surface area contributed by atoms with Gasteiger partial charge in [0.1, 0.15) is 5.69 Å². The Bertz CT molecular complexity index is 756. The van der Waals surface area contributed by atoms with E-state index in [2.05, 4.69) is 4.98 Å². The van der Waals surface area contributed by atoms with Gasteiger partial charge in [0, 0.05) is 30.4 Å². The molecule has 0 saturated heterocycles. The minimum Gasteiger partial charge on any atom is -0.477 e. The molecule has 7 heteroatoms. The number of carbonyl (C=O) groups is 1. The van der Waals surface area contributed by atoms with E-state index in [-0.39, 0.29) is 5.69 Å². The fourth-order valence-corrected chi connectivity index (χ4v) is 2.71. The van der Waals surface area contributed by atoms with E-state index in [0.29, 0.717) is 10.1 Å². The van der Waals surface area contributed by atoms with Crippen LogP contribution in [-0.2, 0) is 7.05 Å². The monoisotopic (exact) mass is 281 g/mol. The molecule has 0 aliphatic carbocycles. The van der Waals surface area contributed by atoms with Gasteiger partial charge < -0.3 is 9.67 Å². The Morgan fingerprint density at radius 2 is 2.28 bits per heavy atom. The van der Waals surface area contributed by atoms with Gasteiger partial charge in [0.25, 0.3) is 0 Å². The van der Waals surface area contributed by atoms with Crippen molar-refractivity contribution in [2.75, 3.05) is 0 Å². The first-order chi connectivity index (χ1) is 8.56. The molecule has 3 aromatic heterocycles. The first kappa shape index (κ1) is 11.3. The lowest BCUT2D eigenvalue weighted by molar-refractivity contribution is 0.0687. The standard InChI is InChI=1S/C11H8ClN3O2S/c1-14-8(10(16)17)4-15-3-7(13-11(14)15)6-2-9(12)18-5-6/h2-5H,1H3,(H,16,17). The van der Waals surface area contributed by atoms with Crippen LogP contribution < -0.4 is 0 Å². The first-order valence-corrected chi connectivity index (χ1v) is 6.34. The van der Waals surface area contributed by atoms with Crippen LogP contribution in [0.15, 0.2) is 23.8 Å². The highest BCUT2D eigenvalue weighted by molar-refractivity contribution is 7.14. The van der Waals surface area contributed by atoms with Crippen molar-refractivity contribution in [2.45, 2.75) is 0 Å². The van der Waals surface area contributed by atoms with E-state index in [4.69, 9.17) is 16.7 Å². The van der Waals surface area contributed by atoms with Crippen molar-refractivity contribution in [1.29, 1.82) is 0 Å². The molecule has 3 heterocycles. The first-order valence-electron chi connectivity index (χ1n) is 5.08. The predicted octanol–water partition coefficient (Wildman–Crippen LogP) is 2.75. The number of hydrogen-bond donors (Lipinski definition) is 1. The third-order valence-electron chi connectivity index (χ3n) is 2.72. The Balaban J connectivity index is 2.16. The van der Waals surface area contributed by atoms with Crippen LogP contribution in [0, 0.1) is 0 Å². The van der Waals surface area contributed by atoms with E-state index in [0.717, 1.165) is 11.3 Å². The lowest BCUT2D eigenvalue weighted by Gasteiger charge is -1.94. The molecule has 5 nitrogen and oxygen atoms in total. The van der Waals surface area contributed by atoms with Crippen LogP contribution in [0.4, 0.5) is 0 Å². The maximum absolute atomic E-state index is 11.0. The van der Waals surface area contributed by atoms with Crippen molar-refractivity contribution in [1.82, 2.24) is 14.0 Å². The summed E-state index contributed by atoms with van der Waals surface area (Å²) in [5.74, 6) is -0.382. The quantitative estimate of drug-likeness (QED) is 0.786. The van der Waals surface area contributed by atoms with Gasteiger partial charge in [0.05, 0.1) is 10.0 Å². The number of aromatic nitrogens is 3. The summed E-state index contributed by atoms with van der Waals surface area (Å²) in [5, 5.41) is 10.9. The highest BCUT2D eigenvalue weighted by Crippen LogP contribution is 2.28. The number of halogens is 1. The molecular weight excluding hydrogens is 274 g/mol. The van der Waals surface area contributed by atoms with Crippen LogP contribution in [0.25, 0.3) is 17.0 Å². The maximum Gasteiger partial charge on any atom is 0.354 e. The minimum absolute atomic E-state index is 0.201. The maximum atomic E-state index is 11.0. The summed E-state index contributed by atoms with van der Waals surface area (Å²) in [5.41, 5.74) is 1.92. The van der Waals surface area contributed by atoms with Crippen molar-refractivity contribution in [3.05, 3.63) is 33.9 Å². The van der Waals surface area contributed by atoms with Gasteiger partial charge in [-0.15, -0.1) is 11.3 Å². The third kappa shape index (κ3) is 1.61. The van der Waals surface area contributed by atoms with Crippen molar-refractivity contribution in [2.24, 2.45) is 7.05 Å². The minimum atomic E-state index is -0.969. The summed E-state index contributed by atoms with van der Waals surface area (Å²) in [6, 6.07) is 1.84. The van der Waals surface area contributed by atoms with Crippen molar-refractivity contribution in [3.8, 4) is 11.3 Å². The van der Waals surface area contributed by atoms with Crippen molar-refractivity contribution in [3.63, 3.8) is 0 Å². The fourth-order valence-electron chi connectivity index (χ4n) is 1.84. The molecule has 0 amide bonds. The SMILES string of the molecule is Cn1c(C(=O)O)cn2cc(-c3csc(Cl)c3)nc12. The van der Waals surface area contributed by atoms with Gasteiger partial charge in [-0.05, 0) is 6.07 Å². The molecule has 0 atom stereocenters. The van der Waals surface area contributed by atoms with Gasteiger partial charge in [0.15, 0.2) is 0 Å². The van der Waals surface area contributed by atoms with Crippen molar-refractivity contribution < 1.29 is 9.90 Å². The number of carboxylic acids is 1. The van der Waals surface area contributed by atoms with Crippen LogP contribution in [0.5, 0.6) is 0 Å². The van der Waals surface area contributed by atoms with Gasteiger partial charge in [-0.3, -0.25) is 4.40 Å². The summed E-state index contributed by atoms with van der Waals surface area (Å²) in [4.78, 5) is 15.4. The van der Waals surface area contributed by atoms with E-state index in [9.17, 15) is 4.79 Å². The molecule has 0 radical (unpaired) electrons. The number of imidazole rings is 2. The Morgan fingerprint density at radius 3 is 2.83 bits per heavy atom. The van der Waals surface area contributed by atoms with Crippen molar-refractivity contribution >= 4 is 34.7 Å². The highest BCUT2D eigenvalue weighted by Gasteiger charge is 2.15. The predicted molar refractivity (Wildman–Crippen MR) is 69.4 cm³/mol. The van der Waals surface area contributed by atoms with Crippen LogP contribution >= 0.6 is 22.9 Å². The highest BCUT2D eigenvalue weighted by atomic mass is 35.5. The summed E-state index contributed by atoms with van der Waals surface area (Å²) < 4.78 is 3.94. The molecule has 92 valence electrons. The number of rotatable bonds is 2. The molecule has 3 aromatic rings. The topological polar surface area (TPSA) is 59.5 Å². The van der Waals surface area contributed by atoms with E-state index in [1.807, 2.05) is 11.4 Å². The summed E-state index contributed by atoms with van der Waals surface area (Å²) in [6.07, 6.45) is 3.34. The number of fused-ring (bicyclic) bond motifs is 1. The smallest absolute Gasteiger partial charge is 0.354 e. The van der Waals surface area contributed by atoms with Gasteiger partial charge in [-0.1, -0.05) is 11.6 Å². The van der Waals surface area contributed by atoms with Gasteiger partial charge in [0.2, 0.25) is 5.78 Å². The van der Waals surface area contributed by atoms with Gasteiger partial charge in [-0.2, -0.15) is 0 Å². The zero-order valence-corrected chi connectivity index (χ0v) is 10.9. The molecule has 1 N–H and O–H groups in total. The van der Waals surface area contributed by atoms with Crippen LogP contribution in [-0.4, -0.2) is 25.0 Å². The zero-order valence-electron chi connectivity index (χ0n) is 9.29. The molecule has 0 spiro atoms. The van der Waals surface area contributed by atoms with E-state index in [1.54, 1.807) is 28.4 Å². The molecule has 0 saturated carbocycles. The molecule has 0 aromatic carbocycles. The average molecular weight is 282 g/mol. The summed E-state index contributed by atoms with van der Waals surface area (Å²) in [7, 11) is 1.68. The third-order valence-corrected chi connectivity index (χ3v) is 3.81. The lowest BCUT2D eigenvalue weighted by Crippen LogP contribution is -2.04. The Hall–Kier alpha value is -1.79. The molecule has 3 rings (SSSR count). The van der Waals surface area contributed by atoms with Crippen LogP contribution in [0.1, 0.15) is 10.5 Å². The Morgan fingerprint density at radius 1 is 1.50 bits per heavy atom. The largest absolute Gasteiger partial charge is 0.477 e. The number of carboxylic acid groups (broad SMARTS) is 1. The molecule has 0 bridgehead atoms. The van der Waals surface area contributed by atoms with E-state index >= 15 is 0 Å². The number of aryl methyl sites for hydroxylation is 1. The molecule has 18 heavy (non-hydrogen) atoms. The summed E-state index contributed by atoms with van der Waals surface area (Å²) >= 11 is 7.32. The van der Waals surface area contributed by atoms with E-state index in [1.165, 1.54) is 11.3 Å². The van der Waals surface area contributed by atoms with Gasteiger partial charge >= 0.3 is 5.97 Å². The molecule has 0 aliphatic rings. The van der Waals surface area contributed by atoms with Crippen LogP contribution in [0.3, 0.4) is 0 Å². The average Bonchev–Trinajstić information content (AvgIpc) is 2.95. The molecule has 0 fully saturated rings. The second-order valence-electron chi connectivity index (χ2n) is 3.85. The molecule has 0 aliphatic heterocycles. The normalized spacial score (nSPS) is 11.2. The number of aromatic carboxylic acids is 1.